The molecule has 7 nitrogen and oxygen atoms in total. The molecule has 0 fully saturated rings. The first-order valence-corrected chi connectivity index (χ1v) is 9.85. The molecule has 2 heterocycles. The molecule has 0 spiro atoms. The predicted octanol–water partition coefficient (Wildman–Crippen LogP) is 4.92. The van der Waals surface area contributed by atoms with Crippen LogP contribution in [0.5, 0.6) is 5.75 Å². The number of nitrogen functional groups attached to an aromatic ring is 1. The van der Waals surface area contributed by atoms with Crippen molar-refractivity contribution in [2.24, 2.45) is 0 Å². The van der Waals surface area contributed by atoms with Gasteiger partial charge in [-0.05, 0) is 42.0 Å². The van der Waals surface area contributed by atoms with E-state index in [1.54, 1.807) is 12.3 Å². The van der Waals surface area contributed by atoms with Crippen molar-refractivity contribution in [3.8, 4) is 17.0 Å². The fourth-order valence-electron chi connectivity index (χ4n) is 3.38. The number of aromatic amines is 1. The number of hydrogen-bond donors (Lipinski definition) is 3. The molecule has 4 N–H and O–H groups in total. The fourth-order valence-corrected chi connectivity index (χ4v) is 3.38. The minimum atomic E-state index is 0.224. The highest BCUT2D eigenvalue weighted by Gasteiger charge is 2.10. The molecule has 0 aliphatic carbocycles. The number of ether oxygens (including phenoxy) is 1. The molecular formula is C24H20N6O. The van der Waals surface area contributed by atoms with Gasteiger partial charge in [-0.25, -0.2) is 4.98 Å². The van der Waals surface area contributed by atoms with Crippen LogP contribution in [0.2, 0.25) is 0 Å². The van der Waals surface area contributed by atoms with Gasteiger partial charge in [0.2, 0.25) is 5.95 Å². The Kier molecular flexibility index (Phi) is 4.90. The SMILES string of the molecule is Nc1nccc(Nc2ccc3[nH]nc(-c4cccc(OCc5ccccc5)c4)c3c2)n1. The van der Waals surface area contributed by atoms with Gasteiger partial charge in [-0.2, -0.15) is 10.1 Å². The average molecular weight is 408 g/mol. The Morgan fingerprint density at radius 2 is 1.84 bits per heavy atom. The summed E-state index contributed by atoms with van der Waals surface area (Å²) in [7, 11) is 0. The molecule has 7 heteroatoms. The van der Waals surface area contributed by atoms with Crippen LogP contribution in [0.15, 0.2) is 85.1 Å². The first-order valence-electron chi connectivity index (χ1n) is 9.85. The van der Waals surface area contributed by atoms with E-state index in [0.717, 1.165) is 39.2 Å². The second kappa shape index (κ2) is 8.16. The van der Waals surface area contributed by atoms with E-state index in [9.17, 15) is 0 Å². The summed E-state index contributed by atoms with van der Waals surface area (Å²) in [6.45, 7) is 0.516. The highest BCUT2D eigenvalue weighted by Crippen LogP contribution is 2.31. The van der Waals surface area contributed by atoms with Gasteiger partial charge in [-0.3, -0.25) is 5.10 Å². The third-order valence-electron chi connectivity index (χ3n) is 4.87. The Morgan fingerprint density at radius 3 is 2.71 bits per heavy atom. The smallest absolute Gasteiger partial charge is 0.221 e. The van der Waals surface area contributed by atoms with Gasteiger partial charge in [0.25, 0.3) is 0 Å². The van der Waals surface area contributed by atoms with Gasteiger partial charge in [0, 0.05) is 22.8 Å². The maximum absolute atomic E-state index is 5.98. The number of nitrogens with zero attached hydrogens (tertiary/aromatic N) is 3. The quantitative estimate of drug-likeness (QED) is 0.368. The minimum Gasteiger partial charge on any atom is -0.489 e. The van der Waals surface area contributed by atoms with Gasteiger partial charge in [0.1, 0.15) is 23.9 Å². The lowest BCUT2D eigenvalue weighted by Crippen LogP contribution is -1.98. The normalized spacial score (nSPS) is 10.8. The molecular weight excluding hydrogens is 388 g/mol. The average Bonchev–Trinajstić information content (AvgIpc) is 3.22. The lowest BCUT2D eigenvalue weighted by atomic mass is 10.1. The molecule has 0 atom stereocenters. The first kappa shape index (κ1) is 18.6. The zero-order valence-electron chi connectivity index (χ0n) is 16.6. The van der Waals surface area contributed by atoms with Crippen molar-refractivity contribution in [2.75, 3.05) is 11.1 Å². The van der Waals surface area contributed by atoms with Gasteiger partial charge in [0.05, 0.1) is 5.52 Å². The molecule has 0 unspecified atom stereocenters. The van der Waals surface area contributed by atoms with E-state index < -0.39 is 0 Å². The van der Waals surface area contributed by atoms with Crippen molar-refractivity contribution in [2.45, 2.75) is 6.61 Å². The molecule has 0 saturated carbocycles. The van der Waals surface area contributed by atoms with Crippen molar-refractivity contribution in [3.05, 3.63) is 90.6 Å². The number of hydrogen-bond acceptors (Lipinski definition) is 6. The standard InChI is InChI=1S/C24H20N6O/c25-24-26-12-11-22(28-24)27-18-9-10-21-20(14-18)23(30-29-21)17-7-4-8-19(13-17)31-15-16-5-2-1-3-6-16/h1-14H,15H2,(H,29,30)(H3,25,26,27,28). The zero-order valence-corrected chi connectivity index (χ0v) is 16.6. The zero-order chi connectivity index (χ0) is 21.0. The first-order chi connectivity index (χ1) is 15.2. The maximum Gasteiger partial charge on any atom is 0.221 e. The molecule has 5 aromatic rings. The molecule has 0 saturated heterocycles. The summed E-state index contributed by atoms with van der Waals surface area (Å²) in [6, 6.07) is 25.8. The molecule has 152 valence electrons. The number of nitrogens with one attached hydrogen (secondary N) is 2. The lowest BCUT2D eigenvalue weighted by Gasteiger charge is -2.08. The largest absolute Gasteiger partial charge is 0.489 e. The summed E-state index contributed by atoms with van der Waals surface area (Å²) in [5.74, 6) is 1.65. The van der Waals surface area contributed by atoms with Gasteiger partial charge < -0.3 is 15.8 Å². The number of nitrogens with two attached hydrogens (primary N) is 1. The Labute approximate surface area is 178 Å². The van der Waals surface area contributed by atoms with Crippen LogP contribution in [-0.2, 0) is 6.61 Å². The molecule has 0 aliphatic rings. The van der Waals surface area contributed by atoms with E-state index in [-0.39, 0.29) is 5.95 Å². The van der Waals surface area contributed by atoms with Crippen LogP contribution in [0.25, 0.3) is 22.2 Å². The van der Waals surface area contributed by atoms with Crippen molar-refractivity contribution in [1.82, 2.24) is 20.2 Å². The number of benzene rings is 3. The molecule has 3 aromatic carbocycles. The Morgan fingerprint density at radius 1 is 0.935 bits per heavy atom. The maximum atomic E-state index is 5.98. The van der Waals surface area contributed by atoms with Crippen molar-refractivity contribution in [1.29, 1.82) is 0 Å². The van der Waals surface area contributed by atoms with E-state index in [1.165, 1.54) is 0 Å². The van der Waals surface area contributed by atoms with Crippen LogP contribution >= 0.6 is 0 Å². The number of rotatable bonds is 6. The number of anilines is 3. The number of aromatic nitrogens is 4. The highest BCUT2D eigenvalue weighted by atomic mass is 16.5. The Hall–Kier alpha value is -4.39. The van der Waals surface area contributed by atoms with Gasteiger partial charge in [-0.1, -0.05) is 42.5 Å². The number of fused-ring (bicyclic) bond motifs is 1. The summed E-state index contributed by atoms with van der Waals surface area (Å²) in [5, 5.41) is 11.9. The van der Waals surface area contributed by atoms with Crippen LogP contribution in [0, 0.1) is 0 Å². The third kappa shape index (κ3) is 4.16. The Bertz CT molecular complexity index is 1330. The molecule has 31 heavy (non-hydrogen) atoms. The van der Waals surface area contributed by atoms with E-state index in [4.69, 9.17) is 10.5 Å². The van der Waals surface area contributed by atoms with Crippen LogP contribution < -0.4 is 15.8 Å². The second-order valence-electron chi connectivity index (χ2n) is 7.06. The van der Waals surface area contributed by atoms with Crippen LogP contribution in [-0.4, -0.2) is 20.2 Å². The van der Waals surface area contributed by atoms with Gasteiger partial charge >= 0.3 is 0 Å². The second-order valence-corrected chi connectivity index (χ2v) is 7.06. The van der Waals surface area contributed by atoms with Crippen LogP contribution in [0.1, 0.15) is 5.56 Å². The lowest BCUT2D eigenvalue weighted by molar-refractivity contribution is 0.306. The number of H-pyrrole nitrogens is 1. The molecule has 0 aliphatic heterocycles. The van der Waals surface area contributed by atoms with E-state index in [0.29, 0.717) is 12.4 Å². The molecule has 5 rings (SSSR count). The van der Waals surface area contributed by atoms with Crippen LogP contribution in [0.3, 0.4) is 0 Å². The molecule has 2 aromatic heterocycles. The van der Waals surface area contributed by atoms with Crippen molar-refractivity contribution < 1.29 is 4.74 Å². The van der Waals surface area contributed by atoms with Crippen LogP contribution in [0.4, 0.5) is 17.5 Å². The summed E-state index contributed by atoms with van der Waals surface area (Å²) < 4.78 is 5.98. The Balaban J connectivity index is 1.42. The topological polar surface area (TPSA) is 102 Å². The molecule has 0 bridgehead atoms. The minimum absolute atomic E-state index is 0.224. The van der Waals surface area contributed by atoms with E-state index in [1.807, 2.05) is 72.8 Å². The highest BCUT2D eigenvalue weighted by molar-refractivity contribution is 5.95. The van der Waals surface area contributed by atoms with Crippen molar-refractivity contribution >= 4 is 28.4 Å². The molecule has 0 amide bonds. The van der Waals surface area contributed by atoms with Crippen molar-refractivity contribution in [3.63, 3.8) is 0 Å². The summed E-state index contributed by atoms with van der Waals surface area (Å²) in [4.78, 5) is 8.11. The monoisotopic (exact) mass is 408 g/mol. The summed E-state index contributed by atoms with van der Waals surface area (Å²) in [6.07, 6.45) is 1.62. The summed E-state index contributed by atoms with van der Waals surface area (Å²) >= 11 is 0. The van der Waals surface area contributed by atoms with E-state index >= 15 is 0 Å². The fraction of sp³-hybridized carbons (Fsp3) is 0.0417. The molecule has 0 radical (unpaired) electrons. The predicted molar refractivity (Wildman–Crippen MR) is 122 cm³/mol. The third-order valence-corrected chi connectivity index (χ3v) is 4.87. The van der Waals surface area contributed by atoms with Gasteiger partial charge in [-0.15, -0.1) is 0 Å². The van der Waals surface area contributed by atoms with E-state index in [2.05, 4.69) is 25.5 Å². The summed E-state index contributed by atoms with van der Waals surface area (Å²) in [5.41, 5.74) is 10.4. The van der Waals surface area contributed by atoms with Gasteiger partial charge in [0.15, 0.2) is 0 Å².